The average molecular weight is 319 g/mol. The van der Waals surface area contributed by atoms with Crippen LogP contribution in [0.2, 0.25) is 0 Å². The van der Waals surface area contributed by atoms with Gasteiger partial charge in [-0.2, -0.15) is 0 Å². The van der Waals surface area contributed by atoms with Crippen molar-refractivity contribution in [3.63, 3.8) is 0 Å². The Morgan fingerprint density at radius 1 is 1.04 bits per heavy atom. The largest absolute Gasteiger partial charge is 0.493 e. The van der Waals surface area contributed by atoms with Crippen molar-refractivity contribution in [2.75, 3.05) is 21.3 Å². The summed E-state index contributed by atoms with van der Waals surface area (Å²) >= 11 is 0. The summed E-state index contributed by atoms with van der Waals surface area (Å²) in [6.45, 7) is 0.608. The number of amides is 1. The minimum Gasteiger partial charge on any atom is -0.493 e. The van der Waals surface area contributed by atoms with Crippen LogP contribution in [-0.2, 0) is 11.3 Å². The highest BCUT2D eigenvalue weighted by Crippen LogP contribution is 2.40. The maximum Gasteiger partial charge on any atom is 0.226 e. The van der Waals surface area contributed by atoms with Gasteiger partial charge in [-0.25, -0.2) is 0 Å². The highest BCUT2D eigenvalue weighted by atomic mass is 16.5. The molecular weight excluding hydrogens is 294 g/mol. The molecule has 2 aliphatic carbocycles. The van der Waals surface area contributed by atoms with E-state index >= 15 is 0 Å². The molecule has 1 amide bonds. The van der Waals surface area contributed by atoms with Gasteiger partial charge >= 0.3 is 0 Å². The highest BCUT2D eigenvalue weighted by molar-refractivity contribution is 5.80. The van der Waals surface area contributed by atoms with E-state index in [1.165, 1.54) is 6.42 Å². The predicted molar refractivity (Wildman–Crippen MR) is 87.0 cm³/mol. The van der Waals surface area contributed by atoms with Crippen molar-refractivity contribution in [2.45, 2.75) is 44.7 Å². The number of benzene rings is 1. The predicted octanol–water partition coefficient (Wildman–Crippen LogP) is 3.00. The SMILES string of the molecule is COc1cc(CN(C(=O)C2CCC2)C2CC2)cc(OC)c1OC. The van der Waals surface area contributed by atoms with E-state index in [0.29, 0.717) is 35.7 Å². The third-order valence-corrected chi connectivity index (χ3v) is 4.80. The molecule has 0 heterocycles. The molecule has 0 aromatic heterocycles. The minimum absolute atomic E-state index is 0.234. The van der Waals surface area contributed by atoms with Crippen LogP contribution in [0.1, 0.15) is 37.7 Å². The molecule has 1 aromatic carbocycles. The first-order valence-electron chi connectivity index (χ1n) is 8.27. The molecule has 5 heteroatoms. The molecule has 0 aliphatic heterocycles. The molecule has 23 heavy (non-hydrogen) atoms. The Kier molecular flexibility index (Phi) is 4.64. The van der Waals surface area contributed by atoms with Crippen LogP contribution in [0.3, 0.4) is 0 Å². The molecule has 0 saturated heterocycles. The van der Waals surface area contributed by atoms with Crippen LogP contribution in [0.15, 0.2) is 12.1 Å². The topological polar surface area (TPSA) is 48.0 Å². The quantitative estimate of drug-likeness (QED) is 0.775. The van der Waals surface area contributed by atoms with E-state index in [1.54, 1.807) is 21.3 Å². The Labute approximate surface area is 137 Å². The van der Waals surface area contributed by atoms with E-state index in [9.17, 15) is 4.79 Å². The summed E-state index contributed by atoms with van der Waals surface area (Å²) in [5.41, 5.74) is 1.01. The van der Waals surface area contributed by atoms with Crippen LogP contribution in [0, 0.1) is 5.92 Å². The fourth-order valence-electron chi connectivity index (χ4n) is 3.09. The monoisotopic (exact) mass is 319 g/mol. The van der Waals surface area contributed by atoms with E-state index in [4.69, 9.17) is 14.2 Å². The van der Waals surface area contributed by atoms with Crippen LogP contribution in [0.5, 0.6) is 17.2 Å². The molecule has 0 atom stereocenters. The van der Waals surface area contributed by atoms with Gasteiger partial charge in [-0.05, 0) is 43.4 Å². The zero-order valence-corrected chi connectivity index (χ0v) is 14.1. The van der Waals surface area contributed by atoms with Crippen LogP contribution in [0.4, 0.5) is 0 Å². The molecule has 0 bridgehead atoms. The number of rotatable bonds is 7. The standard InChI is InChI=1S/C18H25NO4/c1-21-15-9-12(10-16(22-2)17(15)23-3)11-19(14-7-8-14)18(20)13-5-4-6-13/h9-10,13-14H,4-8,11H2,1-3H3. The third kappa shape index (κ3) is 3.23. The molecular formula is C18H25NO4. The first kappa shape index (κ1) is 16.0. The number of ether oxygens (including phenoxy) is 3. The second-order valence-electron chi connectivity index (χ2n) is 6.36. The van der Waals surface area contributed by atoms with Crippen LogP contribution < -0.4 is 14.2 Å². The van der Waals surface area contributed by atoms with Gasteiger partial charge in [0.15, 0.2) is 11.5 Å². The Balaban J connectivity index is 1.83. The number of methoxy groups -OCH3 is 3. The lowest BCUT2D eigenvalue weighted by atomic mass is 9.84. The lowest BCUT2D eigenvalue weighted by molar-refractivity contribution is -0.139. The zero-order chi connectivity index (χ0) is 16.4. The van der Waals surface area contributed by atoms with E-state index in [-0.39, 0.29) is 5.92 Å². The van der Waals surface area contributed by atoms with E-state index in [2.05, 4.69) is 0 Å². The van der Waals surface area contributed by atoms with Crippen molar-refractivity contribution >= 4 is 5.91 Å². The van der Waals surface area contributed by atoms with E-state index < -0.39 is 0 Å². The van der Waals surface area contributed by atoms with Crippen molar-refractivity contribution < 1.29 is 19.0 Å². The second-order valence-corrected chi connectivity index (χ2v) is 6.36. The van der Waals surface area contributed by atoms with Gasteiger partial charge < -0.3 is 19.1 Å². The van der Waals surface area contributed by atoms with Crippen molar-refractivity contribution in [1.82, 2.24) is 4.90 Å². The van der Waals surface area contributed by atoms with E-state index in [1.807, 2.05) is 17.0 Å². The van der Waals surface area contributed by atoms with Crippen LogP contribution in [0.25, 0.3) is 0 Å². The van der Waals surface area contributed by atoms with Gasteiger partial charge in [0.2, 0.25) is 11.7 Å². The summed E-state index contributed by atoms with van der Waals surface area (Å²) in [6.07, 6.45) is 5.49. The number of hydrogen-bond donors (Lipinski definition) is 0. The molecule has 1 aromatic rings. The maximum atomic E-state index is 12.7. The Bertz CT molecular complexity index is 553. The van der Waals surface area contributed by atoms with Gasteiger partial charge in [-0.3, -0.25) is 4.79 Å². The van der Waals surface area contributed by atoms with Gasteiger partial charge in [0, 0.05) is 18.5 Å². The summed E-state index contributed by atoms with van der Waals surface area (Å²) in [6, 6.07) is 4.28. The van der Waals surface area contributed by atoms with Crippen LogP contribution >= 0.6 is 0 Å². The Morgan fingerprint density at radius 3 is 2.04 bits per heavy atom. The summed E-state index contributed by atoms with van der Waals surface area (Å²) < 4.78 is 16.2. The maximum absolute atomic E-state index is 12.7. The third-order valence-electron chi connectivity index (χ3n) is 4.80. The smallest absolute Gasteiger partial charge is 0.226 e. The molecule has 126 valence electrons. The molecule has 2 fully saturated rings. The normalized spacial score (nSPS) is 17.3. The van der Waals surface area contributed by atoms with Gasteiger partial charge in [0.1, 0.15) is 0 Å². The number of carbonyl (C=O) groups excluding carboxylic acids is 1. The summed E-state index contributed by atoms with van der Waals surface area (Å²) in [7, 11) is 4.81. The lowest BCUT2D eigenvalue weighted by Crippen LogP contribution is -2.39. The molecule has 2 saturated carbocycles. The molecule has 0 spiro atoms. The lowest BCUT2D eigenvalue weighted by Gasteiger charge is -2.32. The Hall–Kier alpha value is -1.91. The zero-order valence-electron chi connectivity index (χ0n) is 14.1. The summed E-state index contributed by atoms with van der Waals surface area (Å²) in [5.74, 6) is 2.40. The van der Waals surface area contributed by atoms with E-state index in [0.717, 1.165) is 31.2 Å². The molecule has 2 aliphatic rings. The van der Waals surface area contributed by atoms with Gasteiger partial charge in [0.25, 0.3) is 0 Å². The first-order valence-corrected chi connectivity index (χ1v) is 8.27. The van der Waals surface area contributed by atoms with Gasteiger partial charge in [-0.1, -0.05) is 6.42 Å². The fourth-order valence-corrected chi connectivity index (χ4v) is 3.09. The van der Waals surface area contributed by atoms with Crippen molar-refractivity contribution in [3.8, 4) is 17.2 Å². The van der Waals surface area contributed by atoms with Crippen molar-refractivity contribution in [1.29, 1.82) is 0 Å². The molecule has 3 rings (SSSR count). The minimum atomic E-state index is 0.234. The number of carbonyl (C=O) groups is 1. The number of nitrogens with zero attached hydrogens (tertiary/aromatic N) is 1. The highest BCUT2D eigenvalue weighted by Gasteiger charge is 2.37. The fraction of sp³-hybridized carbons (Fsp3) is 0.611. The Morgan fingerprint density at radius 2 is 1.65 bits per heavy atom. The number of hydrogen-bond acceptors (Lipinski definition) is 4. The molecule has 0 N–H and O–H groups in total. The molecule has 5 nitrogen and oxygen atoms in total. The first-order chi connectivity index (χ1) is 11.2. The molecule has 0 unspecified atom stereocenters. The second kappa shape index (κ2) is 6.69. The summed E-state index contributed by atoms with van der Waals surface area (Å²) in [5, 5.41) is 0. The van der Waals surface area contributed by atoms with Crippen molar-refractivity contribution in [2.24, 2.45) is 5.92 Å². The van der Waals surface area contributed by atoms with Gasteiger partial charge in [0.05, 0.1) is 21.3 Å². The summed E-state index contributed by atoms with van der Waals surface area (Å²) in [4.78, 5) is 14.7. The van der Waals surface area contributed by atoms with Crippen LogP contribution in [-0.4, -0.2) is 38.2 Å². The van der Waals surface area contributed by atoms with Gasteiger partial charge in [-0.15, -0.1) is 0 Å². The van der Waals surface area contributed by atoms with Crippen molar-refractivity contribution in [3.05, 3.63) is 17.7 Å². The molecule has 0 radical (unpaired) electrons. The average Bonchev–Trinajstić information content (AvgIpc) is 3.34.